The van der Waals surface area contributed by atoms with E-state index in [1.807, 2.05) is 18.8 Å². The number of halogens is 2. The lowest BCUT2D eigenvalue weighted by atomic mass is 10.0. The Morgan fingerprint density at radius 3 is 2.42 bits per heavy atom. The van der Waals surface area contributed by atoms with Crippen molar-refractivity contribution in [3.63, 3.8) is 0 Å². The van der Waals surface area contributed by atoms with Crippen molar-refractivity contribution in [2.24, 2.45) is 0 Å². The Balaban J connectivity index is 1.94. The number of nitrogens with zero attached hydrogens (tertiary/aromatic N) is 5. The van der Waals surface area contributed by atoms with Gasteiger partial charge in [0, 0.05) is 17.1 Å². The van der Waals surface area contributed by atoms with Gasteiger partial charge in [0.2, 0.25) is 5.69 Å². The molecule has 31 heavy (non-hydrogen) atoms. The predicted molar refractivity (Wildman–Crippen MR) is 115 cm³/mol. The molecular formula is C19H13Cl2N7O3. The second kappa shape index (κ2) is 7.54. The quantitative estimate of drug-likeness (QED) is 0.482. The summed E-state index contributed by atoms with van der Waals surface area (Å²) in [6.45, 7) is 3.81. The standard InChI is InChI=1S/C19H13Cl2N7O3/c1-8(2)14-10-3-4-27(16(10)24-25-18(14)30)15-11(20)5-9(6-12(15)21)28-19(31)23-17(29)13(7-22)26-28/h3-6,8H,1-2H3,(H,25,30)(H,23,29,31). The van der Waals surface area contributed by atoms with Gasteiger partial charge in [0.25, 0.3) is 11.1 Å². The topological polar surface area (TPSA) is 142 Å². The average Bonchev–Trinajstić information content (AvgIpc) is 3.10. The summed E-state index contributed by atoms with van der Waals surface area (Å²) in [5, 5.41) is 20.3. The van der Waals surface area contributed by atoms with Crippen LogP contribution in [0.5, 0.6) is 0 Å². The molecule has 3 aromatic heterocycles. The van der Waals surface area contributed by atoms with Gasteiger partial charge in [-0.05, 0) is 24.1 Å². The van der Waals surface area contributed by atoms with Gasteiger partial charge in [-0.1, -0.05) is 37.0 Å². The summed E-state index contributed by atoms with van der Waals surface area (Å²) in [7, 11) is 0. The number of hydrogen-bond donors (Lipinski definition) is 2. The van der Waals surface area contributed by atoms with Crippen molar-refractivity contribution < 1.29 is 0 Å². The Bertz CT molecular complexity index is 1550. The molecule has 0 amide bonds. The maximum absolute atomic E-state index is 12.2. The van der Waals surface area contributed by atoms with E-state index in [9.17, 15) is 14.4 Å². The van der Waals surface area contributed by atoms with Gasteiger partial charge in [-0.2, -0.15) is 15.0 Å². The van der Waals surface area contributed by atoms with Crippen LogP contribution in [0, 0.1) is 11.3 Å². The predicted octanol–water partition coefficient (Wildman–Crippen LogP) is 2.25. The number of nitriles is 1. The molecule has 0 aliphatic carbocycles. The molecule has 156 valence electrons. The van der Waals surface area contributed by atoms with Gasteiger partial charge in [-0.15, -0.1) is 5.10 Å². The van der Waals surface area contributed by atoms with Gasteiger partial charge in [-0.25, -0.2) is 9.89 Å². The number of hydrogen-bond acceptors (Lipinski definition) is 6. The van der Waals surface area contributed by atoms with Gasteiger partial charge < -0.3 is 0 Å². The van der Waals surface area contributed by atoms with E-state index in [0.717, 1.165) is 4.68 Å². The molecule has 1 aromatic carbocycles. The van der Waals surface area contributed by atoms with Crippen LogP contribution in [0.15, 0.2) is 38.8 Å². The molecule has 4 rings (SSSR count). The summed E-state index contributed by atoms with van der Waals surface area (Å²) in [5.74, 6) is -0.0362. The van der Waals surface area contributed by atoms with Crippen LogP contribution in [-0.4, -0.2) is 29.5 Å². The monoisotopic (exact) mass is 457 g/mol. The normalized spacial score (nSPS) is 11.2. The van der Waals surface area contributed by atoms with Crippen molar-refractivity contribution >= 4 is 34.2 Å². The minimum Gasteiger partial charge on any atom is -0.297 e. The third-order valence-electron chi connectivity index (χ3n) is 4.66. The number of fused-ring (bicyclic) bond motifs is 1. The Labute approximate surface area is 183 Å². The van der Waals surface area contributed by atoms with Gasteiger partial charge >= 0.3 is 5.69 Å². The molecule has 0 aliphatic heterocycles. The summed E-state index contributed by atoms with van der Waals surface area (Å²) < 4.78 is 2.44. The summed E-state index contributed by atoms with van der Waals surface area (Å²) in [5.41, 5.74) is -0.946. The highest BCUT2D eigenvalue weighted by Crippen LogP contribution is 2.34. The van der Waals surface area contributed by atoms with Crippen LogP contribution < -0.4 is 16.8 Å². The fourth-order valence-corrected chi connectivity index (χ4v) is 4.00. The molecule has 0 aliphatic rings. The molecule has 0 saturated heterocycles. The van der Waals surface area contributed by atoms with Crippen LogP contribution in [0.25, 0.3) is 22.4 Å². The Morgan fingerprint density at radius 2 is 1.81 bits per heavy atom. The zero-order chi connectivity index (χ0) is 22.4. The first-order chi connectivity index (χ1) is 14.7. The van der Waals surface area contributed by atoms with Crippen molar-refractivity contribution in [1.29, 1.82) is 5.26 Å². The molecule has 0 bridgehead atoms. The van der Waals surface area contributed by atoms with E-state index in [2.05, 4.69) is 15.3 Å². The molecule has 0 radical (unpaired) electrons. The fraction of sp³-hybridized carbons (Fsp3) is 0.158. The van der Waals surface area contributed by atoms with Crippen LogP contribution >= 0.6 is 23.2 Å². The van der Waals surface area contributed by atoms with E-state index in [0.29, 0.717) is 22.3 Å². The van der Waals surface area contributed by atoms with E-state index in [4.69, 9.17) is 28.5 Å². The maximum atomic E-state index is 12.2. The molecule has 12 heteroatoms. The largest absolute Gasteiger partial charge is 0.349 e. The van der Waals surface area contributed by atoms with Crippen molar-refractivity contribution in [3.8, 4) is 17.4 Å². The molecule has 2 N–H and O–H groups in total. The van der Waals surface area contributed by atoms with Crippen LogP contribution in [0.4, 0.5) is 0 Å². The number of aromatic amines is 2. The first kappa shape index (κ1) is 20.6. The first-order valence-electron chi connectivity index (χ1n) is 8.96. The van der Waals surface area contributed by atoms with Gasteiger partial charge in [0.15, 0.2) is 5.65 Å². The number of benzene rings is 1. The number of nitrogens with one attached hydrogen (secondary N) is 2. The lowest BCUT2D eigenvalue weighted by Crippen LogP contribution is -2.33. The Kier molecular flexibility index (Phi) is 5.00. The lowest BCUT2D eigenvalue weighted by molar-refractivity contribution is 0.740. The molecular weight excluding hydrogens is 445 g/mol. The second-order valence-corrected chi connectivity index (χ2v) is 7.75. The van der Waals surface area contributed by atoms with Crippen molar-refractivity contribution in [2.45, 2.75) is 19.8 Å². The third-order valence-corrected chi connectivity index (χ3v) is 5.23. The van der Waals surface area contributed by atoms with E-state index in [1.54, 1.807) is 22.9 Å². The molecule has 0 fully saturated rings. The minimum absolute atomic E-state index is 0.0362. The highest BCUT2D eigenvalue weighted by atomic mass is 35.5. The van der Waals surface area contributed by atoms with Gasteiger partial charge in [0.05, 0.1) is 21.4 Å². The maximum Gasteiger partial charge on any atom is 0.349 e. The Hall–Kier alpha value is -3.68. The van der Waals surface area contributed by atoms with E-state index in [-0.39, 0.29) is 27.2 Å². The molecule has 0 saturated carbocycles. The number of H-pyrrole nitrogens is 2. The summed E-state index contributed by atoms with van der Waals surface area (Å²) >= 11 is 13.0. The smallest absolute Gasteiger partial charge is 0.297 e. The van der Waals surface area contributed by atoms with Gasteiger partial charge in [0.1, 0.15) is 6.07 Å². The van der Waals surface area contributed by atoms with E-state index in [1.165, 1.54) is 12.1 Å². The van der Waals surface area contributed by atoms with Crippen molar-refractivity contribution in [1.82, 2.24) is 29.5 Å². The highest BCUT2D eigenvalue weighted by Gasteiger charge is 2.19. The highest BCUT2D eigenvalue weighted by molar-refractivity contribution is 6.38. The fourth-order valence-electron chi connectivity index (χ4n) is 3.34. The number of aromatic nitrogens is 6. The zero-order valence-corrected chi connectivity index (χ0v) is 17.6. The molecule has 0 atom stereocenters. The lowest BCUT2D eigenvalue weighted by Gasteiger charge is -2.13. The van der Waals surface area contributed by atoms with Crippen molar-refractivity contribution in [2.75, 3.05) is 0 Å². The summed E-state index contributed by atoms with van der Waals surface area (Å²) in [6, 6.07) is 6.19. The van der Waals surface area contributed by atoms with E-state index < -0.39 is 16.9 Å². The second-order valence-electron chi connectivity index (χ2n) is 6.93. The van der Waals surface area contributed by atoms with Crippen LogP contribution in [0.3, 0.4) is 0 Å². The molecule has 0 unspecified atom stereocenters. The SMILES string of the molecule is CC(C)c1c(=O)[nH]nc2c1ccn2-c1c(Cl)cc(-n2nc(C#N)c(=O)[nH]c2=O)cc1Cl. The number of rotatable bonds is 3. The average molecular weight is 458 g/mol. The molecule has 0 spiro atoms. The van der Waals surface area contributed by atoms with Crippen molar-refractivity contribution in [3.05, 3.63) is 76.9 Å². The van der Waals surface area contributed by atoms with Crippen LogP contribution in [0.2, 0.25) is 10.0 Å². The summed E-state index contributed by atoms with van der Waals surface area (Å²) in [6.07, 6.45) is 1.68. The molecule has 10 nitrogen and oxygen atoms in total. The van der Waals surface area contributed by atoms with E-state index >= 15 is 0 Å². The Morgan fingerprint density at radius 1 is 1.13 bits per heavy atom. The van der Waals surface area contributed by atoms with Crippen LogP contribution in [0.1, 0.15) is 31.0 Å². The molecule has 3 heterocycles. The van der Waals surface area contributed by atoms with Crippen LogP contribution in [-0.2, 0) is 0 Å². The first-order valence-corrected chi connectivity index (χ1v) is 9.71. The molecule has 4 aromatic rings. The third kappa shape index (κ3) is 3.34. The summed E-state index contributed by atoms with van der Waals surface area (Å²) in [4.78, 5) is 37.9. The zero-order valence-electron chi connectivity index (χ0n) is 16.1. The minimum atomic E-state index is -0.891. The van der Waals surface area contributed by atoms with Gasteiger partial charge in [-0.3, -0.25) is 19.1 Å².